The van der Waals surface area contributed by atoms with Crippen molar-refractivity contribution in [1.82, 2.24) is 20.4 Å². The molecule has 0 bridgehead atoms. The predicted molar refractivity (Wildman–Crippen MR) is 143 cm³/mol. The number of rotatable bonds is 7. The highest BCUT2D eigenvalue weighted by atomic mass is 16.2. The van der Waals surface area contributed by atoms with Gasteiger partial charge in [0.15, 0.2) is 0 Å². The molecule has 1 aliphatic heterocycles. The van der Waals surface area contributed by atoms with E-state index in [1.165, 1.54) is 4.90 Å². The Labute approximate surface area is 213 Å². The number of carbonyl (C=O) groups is 3. The van der Waals surface area contributed by atoms with Crippen molar-refractivity contribution in [3.63, 3.8) is 0 Å². The molecule has 2 aromatic carbocycles. The highest BCUT2D eigenvalue weighted by molar-refractivity contribution is 5.94. The van der Waals surface area contributed by atoms with E-state index in [0.717, 1.165) is 24.3 Å². The van der Waals surface area contributed by atoms with Crippen LogP contribution in [0.3, 0.4) is 0 Å². The second-order valence-corrected chi connectivity index (χ2v) is 9.93. The molecule has 194 valence electrons. The molecule has 1 fully saturated rings. The minimum absolute atomic E-state index is 0.0332. The van der Waals surface area contributed by atoms with Gasteiger partial charge in [-0.2, -0.15) is 0 Å². The highest BCUT2D eigenvalue weighted by Gasteiger charge is 2.24. The lowest BCUT2D eigenvalue weighted by Crippen LogP contribution is -2.55. The molecule has 1 saturated heterocycles. The number of carbonyl (C=O) groups excluding carboxylic acids is 3. The third kappa shape index (κ3) is 8.18. The van der Waals surface area contributed by atoms with E-state index in [4.69, 9.17) is 0 Å². The Morgan fingerprint density at radius 2 is 1.56 bits per heavy atom. The van der Waals surface area contributed by atoms with Crippen molar-refractivity contribution in [3.05, 3.63) is 60.2 Å². The summed E-state index contributed by atoms with van der Waals surface area (Å²) in [6, 6.07) is 16.9. The molecule has 0 aliphatic carbocycles. The zero-order valence-corrected chi connectivity index (χ0v) is 21.7. The van der Waals surface area contributed by atoms with E-state index in [1.807, 2.05) is 87.2 Å². The summed E-state index contributed by atoms with van der Waals surface area (Å²) in [6.45, 7) is 11.3. The molecule has 0 unspecified atom stereocenters. The van der Waals surface area contributed by atoms with Crippen molar-refractivity contribution in [2.75, 3.05) is 49.5 Å². The van der Waals surface area contributed by atoms with Crippen molar-refractivity contribution in [1.29, 1.82) is 0 Å². The van der Waals surface area contributed by atoms with Crippen LogP contribution in [-0.4, -0.2) is 72.6 Å². The normalized spacial score (nSPS) is 13.7. The Kier molecular flexibility index (Phi) is 9.16. The monoisotopic (exact) mass is 494 g/mol. The molecule has 9 nitrogen and oxygen atoms in total. The zero-order chi connectivity index (χ0) is 26.1. The molecule has 0 radical (unpaired) electrons. The number of nitrogens with one attached hydrogen (secondary N) is 3. The van der Waals surface area contributed by atoms with Crippen LogP contribution in [-0.2, 0) is 11.3 Å². The first-order chi connectivity index (χ1) is 17.1. The van der Waals surface area contributed by atoms with Gasteiger partial charge in [-0.1, -0.05) is 30.3 Å². The third-order valence-corrected chi connectivity index (χ3v) is 5.73. The molecule has 0 aromatic heterocycles. The minimum atomic E-state index is -0.276. The minimum Gasteiger partial charge on any atom is -0.368 e. The Hall–Kier alpha value is -3.75. The van der Waals surface area contributed by atoms with Crippen molar-refractivity contribution in [2.45, 2.75) is 39.8 Å². The van der Waals surface area contributed by atoms with E-state index in [-0.39, 0.29) is 30.1 Å². The van der Waals surface area contributed by atoms with Gasteiger partial charge in [0.25, 0.3) is 0 Å². The fourth-order valence-corrected chi connectivity index (χ4v) is 3.96. The van der Waals surface area contributed by atoms with E-state index in [9.17, 15) is 14.4 Å². The summed E-state index contributed by atoms with van der Waals surface area (Å²) in [7, 11) is 0. The topological polar surface area (TPSA) is 97.0 Å². The van der Waals surface area contributed by atoms with Crippen LogP contribution in [0.1, 0.15) is 33.3 Å². The quantitative estimate of drug-likeness (QED) is 0.549. The number of hydrogen-bond donors (Lipinski definition) is 3. The van der Waals surface area contributed by atoms with Crippen LogP contribution >= 0.6 is 0 Å². The lowest BCUT2D eigenvalue weighted by molar-refractivity contribution is -0.116. The zero-order valence-electron chi connectivity index (χ0n) is 21.7. The molecule has 36 heavy (non-hydrogen) atoms. The smallest absolute Gasteiger partial charge is 0.318 e. The number of benzene rings is 2. The van der Waals surface area contributed by atoms with Gasteiger partial charge < -0.3 is 30.7 Å². The first kappa shape index (κ1) is 26.8. The van der Waals surface area contributed by atoms with Gasteiger partial charge in [0, 0.05) is 56.2 Å². The molecule has 3 N–H and O–H groups in total. The number of urea groups is 2. The highest BCUT2D eigenvalue weighted by Crippen LogP contribution is 2.20. The van der Waals surface area contributed by atoms with Crippen molar-refractivity contribution >= 4 is 29.3 Å². The Balaban J connectivity index is 1.53. The van der Waals surface area contributed by atoms with Gasteiger partial charge in [-0.3, -0.25) is 4.79 Å². The molecular weight excluding hydrogens is 456 g/mol. The van der Waals surface area contributed by atoms with Crippen LogP contribution in [0.5, 0.6) is 0 Å². The van der Waals surface area contributed by atoms with Crippen molar-refractivity contribution < 1.29 is 14.4 Å². The first-order valence-corrected chi connectivity index (χ1v) is 12.4. The van der Waals surface area contributed by atoms with Crippen LogP contribution in [0, 0.1) is 0 Å². The van der Waals surface area contributed by atoms with Crippen LogP contribution < -0.4 is 20.9 Å². The number of nitrogens with zero attached hydrogens (tertiary/aromatic N) is 3. The lowest BCUT2D eigenvalue weighted by atomic mass is 10.1. The number of amides is 5. The SMILES string of the molecule is CCNC(=O)N(CC(=O)Nc1ccc(N2CCN(C(=O)NC(C)(C)C)CC2)cc1)Cc1ccccc1. The molecule has 0 spiro atoms. The molecule has 1 heterocycles. The maximum atomic E-state index is 12.7. The van der Waals surface area contributed by atoms with Crippen LogP contribution in [0.4, 0.5) is 21.0 Å². The summed E-state index contributed by atoms with van der Waals surface area (Å²) in [5.41, 5.74) is 2.41. The third-order valence-electron chi connectivity index (χ3n) is 5.73. The van der Waals surface area contributed by atoms with Crippen LogP contribution in [0.2, 0.25) is 0 Å². The fourth-order valence-electron chi connectivity index (χ4n) is 3.96. The summed E-state index contributed by atoms with van der Waals surface area (Å²) in [5.74, 6) is -0.261. The molecular formula is C27H38N6O3. The number of hydrogen-bond acceptors (Lipinski definition) is 4. The van der Waals surface area contributed by atoms with Crippen molar-refractivity contribution in [2.24, 2.45) is 0 Å². The molecule has 1 aliphatic rings. The summed E-state index contributed by atoms with van der Waals surface area (Å²) in [4.78, 5) is 43.2. The molecule has 3 rings (SSSR count). The van der Waals surface area contributed by atoms with Crippen LogP contribution in [0.15, 0.2) is 54.6 Å². The average molecular weight is 495 g/mol. The summed E-state index contributed by atoms with van der Waals surface area (Å²) >= 11 is 0. The molecule has 5 amide bonds. The standard InChI is InChI=1S/C27H38N6O3/c1-5-28-25(35)33(19-21-9-7-6-8-10-21)20-24(34)29-22-11-13-23(14-12-22)31-15-17-32(18-16-31)26(36)30-27(2,3)4/h6-14H,5,15-20H2,1-4H3,(H,28,35)(H,29,34)(H,30,36). The van der Waals surface area contributed by atoms with Gasteiger partial charge >= 0.3 is 12.1 Å². The number of anilines is 2. The average Bonchev–Trinajstić information content (AvgIpc) is 2.84. The van der Waals surface area contributed by atoms with E-state index < -0.39 is 0 Å². The van der Waals surface area contributed by atoms with Gasteiger partial charge in [-0.25, -0.2) is 9.59 Å². The summed E-state index contributed by atoms with van der Waals surface area (Å²) in [5, 5.41) is 8.67. The van der Waals surface area contributed by atoms with Gasteiger partial charge in [-0.15, -0.1) is 0 Å². The Morgan fingerprint density at radius 1 is 0.917 bits per heavy atom. The van der Waals surface area contributed by atoms with E-state index in [1.54, 1.807) is 0 Å². The molecule has 0 saturated carbocycles. The van der Waals surface area contributed by atoms with Gasteiger partial charge in [0.1, 0.15) is 6.54 Å². The van der Waals surface area contributed by atoms with Crippen LogP contribution in [0.25, 0.3) is 0 Å². The predicted octanol–water partition coefficient (Wildman–Crippen LogP) is 3.49. The Morgan fingerprint density at radius 3 is 2.14 bits per heavy atom. The number of piperazine rings is 1. The molecule has 0 atom stereocenters. The second-order valence-electron chi connectivity index (χ2n) is 9.93. The summed E-state index contributed by atoms with van der Waals surface area (Å²) in [6.07, 6.45) is 0. The lowest BCUT2D eigenvalue weighted by Gasteiger charge is -2.37. The fraction of sp³-hybridized carbons (Fsp3) is 0.444. The van der Waals surface area contributed by atoms with E-state index in [2.05, 4.69) is 20.9 Å². The first-order valence-electron chi connectivity index (χ1n) is 12.4. The van der Waals surface area contributed by atoms with E-state index in [0.29, 0.717) is 31.9 Å². The van der Waals surface area contributed by atoms with Gasteiger partial charge in [-0.05, 0) is 57.5 Å². The van der Waals surface area contributed by atoms with Gasteiger partial charge in [0.2, 0.25) is 5.91 Å². The molecule has 2 aromatic rings. The van der Waals surface area contributed by atoms with Crippen molar-refractivity contribution in [3.8, 4) is 0 Å². The maximum absolute atomic E-state index is 12.7. The van der Waals surface area contributed by atoms with Gasteiger partial charge in [0.05, 0.1) is 0 Å². The maximum Gasteiger partial charge on any atom is 0.318 e. The molecule has 9 heteroatoms. The second kappa shape index (κ2) is 12.3. The summed E-state index contributed by atoms with van der Waals surface area (Å²) < 4.78 is 0. The van der Waals surface area contributed by atoms with E-state index >= 15 is 0 Å². The Bertz CT molecular complexity index is 1010. The largest absolute Gasteiger partial charge is 0.368 e.